The first-order chi connectivity index (χ1) is 10.3. The summed E-state index contributed by atoms with van der Waals surface area (Å²) in [6, 6.07) is 3.81. The van der Waals surface area contributed by atoms with Crippen LogP contribution >= 0.6 is 11.6 Å². The summed E-state index contributed by atoms with van der Waals surface area (Å²) in [5, 5.41) is 18.9. The smallest absolute Gasteiger partial charge is 0.331 e. The minimum Gasteiger partial charge on any atom is -0.479 e. The van der Waals surface area contributed by atoms with Gasteiger partial charge >= 0.3 is 5.97 Å². The van der Waals surface area contributed by atoms with Gasteiger partial charge in [-0.15, -0.1) is 0 Å². The standard InChI is InChI=1S/C15H16ClN3O3/c1-7-4-5-11(16)10(6-7)14(20)17-13(15(21)22)12-8(2)18-19-9(12)3/h4-6,13H,1-3H3,(H,17,20)(H,18,19)(H,21,22). The Morgan fingerprint density at radius 1 is 1.32 bits per heavy atom. The molecule has 0 saturated heterocycles. The lowest BCUT2D eigenvalue weighted by molar-refractivity contribution is -0.139. The lowest BCUT2D eigenvalue weighted by Gasteiger charge is -2.16. The van der Waals surface area contributed by atoms with Crippen LogP contribution in [0.15, 0.2) is 18.2 Å². The third-order valence-corrected chi connectivity index (χ3v) is 3.69. The number of hydrogen-bond donors (Lipinski definition) is 3. The maximum atomic E-state index is 12.4. The van der Waals surface area contributed by atoms with Crippen LogP contribution in [0.25, 0.3) is 0 Å². The summed E-state index contributed by atoms with van der Waals surface area (Å²) in [6.45, 7) is 5.21. The van der Waals surface area contributed by atoms with Crippen molar-refractivity contribution < 1.29 is 14.7 Å². The molecular formula is C15H16ClN3O3. The van der Waals surface area contributed by atoms with Gasteiger partial charge in [0.15, 0.2) is 6.04 Å². The van der Waals surface area contributed by atoms with Crippen LogP contribution in [-0.2, 0) is 4.79 Å². The summed E-state index contributed by atoms with van der Waals surface area (Å²) in [5.41, 5.74) is 2.68. The number of amides is 1. The fourth-order valence-corrected chi connectivity index (χ4v) is 2.47. The fraction of sp³-hybridized carbons (Fsp3) is 0.267. The van der Waals surface area contributed by atoms with Crippen LogP contribution in [0.4, 0.5) is 0 Å². The van der Waals surface area contributed by atoms with E-state index in [0.717, 1.165) is 5.56 Å². The van der Waals surface area contributed by atoms with Crippen LogP contribution in [-0.4, -0.2) is 27.2 Å². The number of benzene rings is 1. The molecule has 0 fully saturated rings. The Labute approximate surface area is 132 Å². The van der Waals surface area contributed by atoms with E-state index in [0.29, 0.717) is 17.0 Å². The largest absolute Gasteiger partial charge is 0.479 e. The van der Waals surface area contributed by atoms with Crippen LogP contribution in [0.5, 0.6) is 0 Å². The zero-order valence-electron chi connectivity index (χ0n) is 12.4. The predicted octanol–water partition coefficient (Wildman–Crippen LogP) is 2.54. The van der Waals surface area contributed by atoms with Crippen LogP contribution < -0.4 is 5.32 Å². The molecule has 0 saturated carbocycles. The molecule has 1 aromatic heterocycles. The SMILES string of the molecule is Cc1ccc(Cl)c(C(=O)NC(C(=O)O)c2c(C)n[nH]c2C)c1. The van der Waals surface area contributed by atoms with E-state index in [1.165, 1.54) is 0 Å². The number of aromatic amines is 1. The number of nitrogens with zero attached hydrogens (tertiary/aromatic N) is 1. The molecule has 2 aromatic rings. The number of carboxylic acids is 1. The number of carbonyl (C=O) groups excluding carboxylic acids is 1. The van der Waals surface area contributed by atoms with Crippen molar-refractivity contribution in [3.05, 3.63) is 51.3 Å². The third kappa shape index (κ3) is 3.12. The Morgan fingerprint density at radius 3 is 2.55 bits per heavy atom. The Balaban J connectivity index is 2.35. The lowest BCUT2D eigenvalue weighted by Crippen LogP contribution is -2.34. The van der Waals surface area contributed by atoms with E-state index < -0.39 is 17.9 Å². The molecule has 2 rings (SSSR count). The van der Waals surface area contributed by atoms with Gasteiger partial charge in [-0.3, -0.25) is 9.89 Å². The molecule has 6 nitrogen and oxygen atoms in total. The van der Waals surface area contributed by atoms with Gasteiger partial charge in [0.25, 0.3) is 5.91 Å². The molecule has 22 heavy (non-hydrogen) atoms. The monoisotopic (exact) mass is 321 g/mol. The summed E-state index contributed by atoms with van der Waals surface area (Å²) in [7, 11) is 0. The van der Waals surface area contributed by atoms with Gasteiger partial charge in [-0.2, -0.15) is 5.10 Å². The van der Waals surface area contributed by atoms with E-state index in [1.54, 1.807) is 32.0 Å². The van der Waals surface area contributed by atoms with E-state index in [-0.39, 0.29) is 10.6 Å². The van der Waals surface area contributed by atoms with Gasteiger partial charge < -0.3 is 10.4 Å². The van der Waals surface area contributed by atoms with Crippen molar-refractivity contribution in [2.24, 2.45) is 0 Å². The Morgan fingerprint density at radius 2 is 2.00 bits per heavy atom. The van der Waals surface area contributed by atoms with Crippen molar-refractivity contribution >= 4 is 23.5 Å². The van der Waals surface area contributed by atoms with E-state index in [4.69, 9.17) is 11.6 Å². The van der Waals surface area contributed by atoms with Gasteiger partial charge in [-0.25, -0.2) is 4.79 Å². The Hall–Kier alpha value is -2.34. The van der Waals surface area contributed by atoms with Crippen molar-refractivity contribution in [2.45, 2.75) is 26.8 Å². The molecule has 3 N–H and O–H groups in total. The third-order valence-electron chi connectivity index (χ3n) is 3.36. The number of rotatable bonds is 4. The molecule has 0 spiro atoms. The molecule has 1 unspecified atom stereocenters. The van der Waals surface area contributed by atoms with Crippen molar-refractivity contribution in [2.75, 3.05) is 0 Å². The number of carboxylic acid groups (broad SMARTS) is 1. The van der Waals surface area contributed by atoms with Gasteiger partial charge in [-0.05, 0) is 32.9 Å². The van der Waals surface area contributed by atoms with Gasteiger partial charge in [0.05, 0.1) is 16.3 Å². The van der Waals surface area contributed by atoms with Crippen LogP contribution in [0.3, 0.4) is 0 Å². The number of halogens is 1. The number of aromatic nitrogens is 2. The molecule has 1 amide bonds. The van der Waals surface area contributed by atoms with Crippen molar-refractivity contribution in [3.63, 3.8) is 0 Å². The summed E-state index contributed by atoms with van der Waals surface area (Å²) in [4.78, 5) is 23.9. The molecule has 0 radical (unpaired) electrons. The molecule has 1 heterocycles. The highest BCUT2D eigenvalue weighted by atomic mass is 35.5. The molecule has 0 aliphatic rings. The lowest BCUT2D eigenvalue weighted by atomic mass is 10.0. The highest BCUT2D eigenvalue weighted by Crippen LogP contribution is 2.22. The number of nitrogens with one attached hydrogen (secondary N) is 2. The molecule has 1 aromatic carbocycles. The number of H-pyrrole nitrogens is 1. The normalized spacial score (nSPS) is 12.0. The van der Waals surface area contributed by atoms with Crippen LogP contribution in [0.2, 0.25) is 5.02 Å². The van der Waals surface area contributed by atoms with Crippen LogP contribution in [0, 0.1) is 20.8 Å². The summed E-state index contributed by atoms with van der Waals surface area (Å²) >= 11 is 6.01. The summed E-state index contributed by atoms with van der Waals surface area (Å²) < 4.78 is 0. The average Bonchev–Trinajstić information content (AvgIpc) is 2.78. The van der Waals surface area contributed by atoms with E-state index in [1.807, 2.05) is 6.92 Å². The molecule has 0 bridgehead atoms. The molecule has 0 aliphatic carbocycles. The molecule has 7 heteroatoms. The Kier molecular flexibility index (Phi) is 4.51. The average molecular weight is 322 g/mol. The van der Waals surface area contributed by atoms with Crippen LogP contribution in [0.1, 0.15) is 38.9 Å². The predicted molar refractivity (Wildman–Crippen MR) is 82.1 cm³/mol. The van der Waals surface area contributed by atoms with Crippen molar-refractivity contribution in [1.29, 1.82) is 0 Å². The molecule has 0 aliphatic heterocycles. The van der Waals surface area contributed by atoms with E-state index in [9.17, 15) is 14.7 Å². The number of aryl methyl sites for hydroxylation is 3. The van der Waals surface area contributed by atoms with E-state index >= 15 is 0 Å². The molecule has 1 atom stereocenters. The van der Waals surface area contributed by atoms with Crippen molar-refractivity contribution in [3.8, 4) is 0 Å². The second-order valence-electron chi connectivity index (χ2n) is 5.08. The minimum atomic E-state index is -1.19. The van der Waals surface area contributed by atoms with Gasteiger partial charge in [-0.1, -0.05) is 23.2 Å². The highest BCUT2D eigenvalue weighted by Gasteiger charge is 2.28. The minimum absolute atomic E-state index is 0.242. The quantitative estimate of drug-likeness (QED) is 0.806. The topological polar surface area (TPSA) is 95.1 Å². The first kappa shape index (κ1) is 16.0. The number of aliphatic carboxylic acids is 1. The molecular weight excluding hydrogens is 306 g/mol. The zero-order chi connectivity index (χ0) is 16.4. The van der Waals surface area contributed by atoms with Crippen molar-refractivity contribution in [1.82, 2.24) is 15.5 Å². The summed E-state index contributed by atoms with van der Waals surface area (Å²) in [5.74, 6) is -1.70. The molecule has 116 valence electrons. The van der Waals surface area contributed by atoms with Gasteiger partial charge in [0, 0.05) is 11.3 Å². The zero-order valence-corrected chi connectivity index (χ0v) is 13.2. The highest BCUT2D eigenvalue weighted by molar-refractivity contribution is 6.33. The first-order valence-electron chi connectivity index (χ1n) is 6.62. The summed E-state index contributed by atoms with van der Waals surface area (Å²) in [6.07, 6.45) is 0. The van der Waals surface area contributed by atoms with Gasteiger partial charge in [0.1, 0.15) is 0 Å². The number of carbonyl (C=O) groups is 2. The van der Waals surface area contributed by atoms with E-state index in [2.05, 4.69) is 15.5 Å². The second-order valence-corrected chi connectivity index (χ2v) is 5.48. The Bertz CT molecular complexity index is 720. The first-order valence-corrected chi connectivity index (χ1v) is 7.00. The second kappa shape index (κ2) is 6.19. The maximum Gasteiger partial charge on any atom is 0.331 e. The fourth-order valence-electron chi connectivity index (χ4n) is 2.26. The van der Waals surface area contributed by atoms with Gasteiger partial charge in [0.2, 0.25) is 0 Å². The maximum absolute atomic E-state index is 12.4. The number of hydrogen-bond acceptors (Lipinski definition) is 3.